The Morgan fingerprint density at radius 2 is 2.16 bits per heavy atom. The van der Waals surface area contributed by atoms with Crippen molar-refractivity contribution in [2.24, 2.45) is 0 Å². The predicted molar refractivity (Wildman–Crippen MR) is 70.9 cm³/mol. The van der Waals surface area contributed by atoms with Crippen LogP contribution in [-0.4, -0.2) is 19.4 Å². The summed E-state index contributed by atoms with van der Waals surface area (Å²) in [6.07, 6.45) is 5.63. The van der Waals surface area contributed by atoms with E-state index in [0.29, 0.717) is 0 Å². The van der Waals surface area contributed by atoms with Crippen LogP contribution in [0.2, 0.25) is 0 Å². The Balaban J connectivity index is 1.94. The molecule has 0 unspecified atom stereocenters. The van der Waals surface area contributed by atoms with Crippen LogP contribution < -0.4 is 4.57 Å². The fraction of sp³-hybridized carbons (Fsp3) is 0.0769. The molecule has 5 nitrogen and oxygen atoms in total. The van der Waals surface area contributed by atoms with E-state index in [2.05, 4.69) is 25.6 Å². The van der Waals surface area contributed by atoms with Gasteiger partial charge in [-0.25, -0.2) is 4.57 Å². The highest BCUT2D eigenvalue weighted by Gasteiger charge is 2.32. The van der Waals surface area contributed by atoms with Crippen LogP contribution in [0.1, 0.15) is 5.69 Å². The van der Waals surface area contributed by atoms with Crippen LogP contribution in [0.4, 0.5) is 0 Å². The molecule has 5 heterocycles. The first kappa shape index (κ1) is 9.57. The molecule has 0 radical (unpaired) electrons. The molecule has 0 atom stereocenters. The second-order valence-electron chi connectivity index (χ2n) is 4.52. The molecule has 4 aromatic heterocycles. The van der Waals surface area contributed by atoms with Crippen molar-refractivity contribution in [2.75, 3.05) is 0 Å². The summed E-state index contributed by atoms with van der Waals surface area (Å²) in [5.41, 5.74) is 3.47. The predicted octanol–water partition coefficient (Wildman–Crippen LogP) is 1.66. The van der Waals surface area contributed by atoms with Gasteiger partial charge in [-0.3, -0.25) is 4.98 Å². The van der Waals surface area contributed by atoms with Crippen molar-refractivity contribution in [1.29, 1.82) is 0 Å². The van der Waals surface area contributed by atoms with Crippen molar-refractivity contribution in [3.05, 3.63) is 42.5 Å². The Bertz CT molecular complexity index is 952. The lowest BCUT2D eigenvalue weighted by Gasteiger charge is -1.90. The smallest absolute Gasteiger partial charge is 0.256 e. The largest absolute Gasteiger partial charge is 0.327 e. The van der Waals surface area contributed by atoms with Crippen molar-refractivity contribution < 1.29 is 4.57 Å². The quantitative estimate of drug-likeness (QED) is 0.400. The number of hydrogen-bond acceptors (Lipinski definition) is 4. The summed E-state index contributed by atoms with van der Waals surface area (Å²) in [6, 6.07) is 6.04. The highest BCUT2D eigenvalue weighted by molar-refractivity contribution is 7.20. The highest BCUT2D eigenvalue weighted by atomic mass is 32.1. The van der Waals surface area contributed by atoms with Gasteiger partial charge in [0.25, 0.3) is 0 Å². The second-order valence-corrected chi connectivity index (χ2v) is 5.50. The van der Waals surface area contributed by atoms with E-state index in [4.69, 9.17) is 0 Å². The van der Waals surface area contributed by atoms with E-state index in [-0.39, 0.29) is 0 Å². The fourth-order valence-corrected chi connectivity index (χ4v) is 3.83. The molecule has 90 valence electrons. The van der Waals surface area contributed by atoms with Gasteiger partial charge in [0.2, 0.25) is 4.83 Å². The number of pyridine rings is 1. The van der Waals surface area contributed by atoms with Gasteiger partial charge in [0.05, 0.1) is 11.3 Å². The summed E-state index contributed by atoms with van der Waals surface area (Å²) < 4.78 is 4.32. The average Bonchev–Trinajstić information content (AvgIpc) is 3.05. The Morgan fingerprint density at radius 1 is 1.21 bits per heavy atom. The molecule has 4 aromatic rings. The zero-order chi connectivity index (χ0) is 12.4. The van der Waals surface area contributed by atoms with E-state index in [1.54, 1.807) is 17.5 Å². The topological polar surface area (TPSA) is 47.0 Å². The number of fused-ring (bicyclic) bond motifs is 7. The first-order valence-electron chi connectivity index (χ1n) is 6.01. The SMILES string of the molecule is c1cnc2c(c1)-c1sc3nc4ncccn4c3[n+]1C2. The molecule has 1 aliphatic rings. The summed E-state index contributed by atoms with van der Waals surface area (Å²) in [4.78, 5) is 14.4. The molecule has 0 spiro atoms. The molecule has 0 bridgehead atoms. The zero-order valence-corrected chi connectivity index (χ0v) is 10.6. The normalized spacial score (nSPS) is 13.1. The third-order valence-corrected chi connectivity index (χ3v) is 4.57. The molecule has 0 N–H and O–H groups in total. The van der Waals surface area contributed by atoms with Crippen LogP contribution in [0.15, 0.2) is 36.8 Å². The van der Waals surface area contributed by atoms with E-state index >= 15 is 0 Å². The Kier molecular flexibility index (Phi) is 1.59. The van der Waals surface area contributed by atoms with E-state index in [1.807, 2.05) is 28.9 Å². The number of rotatable bonds is 0. The number of aromatic nitrogens is 5. The summed E-state index contributed by atoms with van der Waals surface area (Å²) in [7, 11) is 0. The van der Waals surface area contributed by atoms with Crippen LogP contribution in [0, 0.1) is 0 Å². The first-order chi connectivity index (χ1) is 9.42. The maximum atomic E-state index is 4.58. The zero-order valence-electron chi connectivity index (χ0n) is 9.82. The number of hydrogen-bond donors (Lipinski definition) is 0. The molecule has 0 saturated carbocycles. The van der Waals surface area contributed by atoms with Gasteiger partial charge in [-0.2, -0.15) is 14.4 Å². The van der Waals surface area contributed by atoms with E-state index in [0.717, 1.165) is 28.5 Å². The molecular weight excluding hydrogens is 258 g/mol. The van der Waals surface area contributed by atoms with Gasteiger partial charge in [-0.15, -0.1) is 0 Å². The summed E-state index contributed by atoms with van der Waals surface area (Å²) >= 11 is 1.71. The Morgan fingerprint density at radius 3 is 3.16 bits per heavy atom. The number of nitrogens with zero attached hydrogens (tertiary/aromatic N) is 5. The lowest BCUT2D eigenvalue weighted by molar-refractivity contribution is -0.644. The van der Waals surface area contributed by atoms with Crippen LogP contribution in [0.3, 0.4) is 0 Å². The molecule has 0 aromatic carbocycles. The minimum absolute atomic E-state index is 0.753. The minimum Gasteiger partial charge on any atom is -0.256 e. The summed E-state index contributed by atoms with van der Waals surface area (Å²) in [5.74, 6) is 0.753. The van der Waals surface area contributed by atoms with Crippen molar-refractivity contribution in [3.63, 3.8) is 0 Å². The highest BCUT2D eigenvalue weighted by Crippen LogP contribution is 2.34. The van der Waals surface area contributed by atoms with E-state index in [1.165, 1.54) is 10.6 Å². The van der Waals surface area contributed by atoms with Gasteiger partial charge < -0.3 is 0 Å². The van der Waals surface area contributed by atoms with Gasteiger partial charge in [0.1, 0.15) is 12.7 Å². The molecule has 0 fully saturated rings. The lowest BCUT2D eigenvalue weighted by atomic mass is 10.2. The first-order valence-corrected chi connectivity index (χ1v) is 6.83. The van der Waals surface area contributed by atoms with Gasteiger partial charge >= 0.3 is 11.4 Å². The van der Waals surface area contributed by atoms with Crippen LogP contribution >= 0.6 is 11.3 Å². The van der Waals surface area contributed by atoms with Crippen LogP contribution in [-0.2, 0) is 6.54 Å². The average molecular weight is 266 g/mol. The van der Waals surface area contributed by atoms with Crippen LogP contribution in [0.5, 0.6) is 0 Å². The second kappa shape index (κ2) is 3.16. The molecule has 0 aliphatic carbocycles. The third-order valence-electron chi connectivity index (χ3n) is 3.47. The maximum absolute atomic E-state index is 4.58. The molecular formula is C13H8N5S+. The van der Waals surface area contributed by atoms with Gasteiger partial charge in [0.15, 0.2) is 5.01 Å². The van der Waals surface area contributed by atoms with Gasteiger partial charge in [0, 0.05) is 12.4 Å². The molecule has 6 heteroatoms. The van der Waals surface area contributed by atoms with Crippen molar-refractivity contribution in [3.8, 4) is 10.6 Å². The third kappa shape index (κ3) is 1.09. The van der Waals surface area contributed by atoms with E-state index < -0.39 is 0 Å². The molecule has 0 saturated heterocycles. The van der Waals surface area contributed by atoms with Crippen molar-refractivity contribution in [2.45, 2.75) is 6.54 Å². The lowest BCUT2D eigenvalue weighted by Crippen LogP contribution is -2.31. The fourth-order valence-electron chi connectivity index (χ4n) is 2.67. The molecule has 5 rings (SSSR count). The van der Waals surface area contributed by atoms with Crippen molar-refractivity contribution in [1.82, 2.24) is 19.4 Å². The molecule has 0 amide bonds. The van der Waals surface area contributed by atoms with Gasteiger partial charge in [-0.1, -0.05) is 11.3 Å². The number of imidazole rings is 1. The summed E-state index contributed by atoms with van der Waals surface area (Å²) in [5, 5.41) is 1.24. The number of thiazole rings is 1. The van der Waals surface area contributed by atoms with Crippen LogP contribution in [0.25, 0.3) is 26.8 Å². The summed E-state index contributed by atoms with van der Waals surface area (Å²) in [6.45, 7) is 0.814. The molecule has 1 aliphatic heterocycles. The minimum atomic E-state index is 0.753. The maximum Gasteiger partial charge on any atom is 0.327 e. The molecule has 19 heavy (non-hydrogen) atoms. The Labute approximate surface area is 111 Å². The van der Waals surface area contributed by atoms with E-state index in [9.17, 15) is 0 Å². The van der Waals surface area contributed by atoms with Crippen molar-refractivity contribution >= 4 is 27.6 Å². The Hall–Kier alpha value is -2.34. The standard InChI is InChI=1S/C13H8N5S/c1-3-8-9(14-4-1)7-18-11-10(19-12(8)18)16-13-15-5-2-6-17(11)13/h1-6H,7H2/q+1. The monoisotopic (exact) mass is 266 g/mol. The van der Waals surface area contributed by atoms with Gasteiger partial charge in [-0.05, 0) is 18.2 Å².